The third kappa shape index (κ3) is 3.93. The molecule has 0 N–H and O–H groups in total. The van der Waals surface area contributed by atoms with Crippen LogP contribution in [0.1, 0.15) is 22.4 Å². The lowest BCUT2D eigenvalue weighted by molar-refractivity contribution is -0.887. The predicted molar refractivity (Wildman–Crippen MR) is 82.8 cm³/mol. The Morgan fingerprint density at radius 3 is 2.62 bits per heavy atom. The van der Waals surface area contributed by atoms with Crippen molar-refractivity contribution in [3.63, 3.8) is 0 Å². The Bertz CT molecular complexity index is 1010. The van der Waals surface area contributed by atoms with Gasteiger partial charge in [0.2, 0.25) is 16.0 Å². The second kappa shape index (κ2) is 7.15. The van der Waals surface area contributed by atoms with Crippen molar-refractivity contribution in [2.45, 2.75) is 18.0 Å². The summed E-state index contributed by atoms with van der Waals surface area (Å²) >= 11 is 0.162. The van der Waals surface area contributed by atoms with Gasteiger partial charge in [-0.25, -0.2) is 13.1 Å². The molecule has 1 amide bonds. The van der Waals surface area contributed by atoms with Gasteiger partial charge >= 0.3 is 17.8 Å². The molecule has 0 aliphatic rings. The average Bonchev–Trinajstić information content (AvgIpc) is 2.95. The van der Waals surface area contributed by atoms with Crippen LogP contribution >= 0.6 is 11.3 Å². The Balaban J connectivity index is 2.67. The summed E-state index contributed by atoms with van der Waals surface area (Å²) in [6.07, 6.45) is -3.40. The van der Waals surface area contributed by atoms with E-state index in [2.05, 4.69) is 10.1 Å². The molecule has 0 saturated carbocycles. The van der Waals surface area contributed by atoms with Crippen LogP contribution in [0.5, 0.6) is 0 Å². The van der Waals surface area contributed by atoms with Gasteiger partial charge in [0.25, 0.3) is 0 Å². The summed E-state index contributed by atoms with van der Waals surface area (Å²) in [5.74, 6) is -1.36. The van der Waals surface area contributed by atoms with E-state index >= 15 is 0 Å². The Hall–Kier alpha value is -2.28. The summed E-state index contributed by atoms with van der Waals surface area (Å²) in [6.45, 7) is 1.39. The van der Waals surface area contributed by atoms with Gasteiger partial charge in [0.1, 0.15) is 12.0 Å². The van der Waals surface area contributed by atoms with Crippen LogP contribution in [0.4, 0.5) is 13.2 Å². The molecule has 0 bridgehead atoms. The highest BCUT2D eigenvalue weighted by molar-refractivity contribution is 7.91. The summed E-state index contributed by atoms with van der Waals surface area (Å²) < 4.78 is 64.3. The van der Waals surface area contributed by atoms with E-state index in [0.717, 1.165) is 9.41 Å². The zero-order chi connectivity index (χ0) is 19.7. The minimum atomic E-state index is -4.69. The molecule has 26 heavy (non-hydrogen) atoms. The SMILES string of the molecule is CCS(=O)(=O)c1ccc[n+](OC)c1C(=O)/N=c1\sc(C(F)(F)F)nn1C. The first-order chi connectivity index (χ1) is 12.0. The van der Waals surface area contributed by atoms with Crippen molar-refractivity contribution in [2.24, 2.45) is 12.0 Å². The predicted octanol–water partition coefficient (Wildman–Crippen LogP) is 0.381. The van der Waals surface area contributed by atoms with Crippen LogP contribution in [0.2, 0.25) is 0 Å². The van der Waals surface area contributed by atoms with E-state index in [1.165, 1.54) is 39.4 Å². The van der Waals surface area contributed by atoms with Crippen LogP contribution in [0, 0.1) is 0 Å². The summed E-state index contributed by atoms with van der Waals surface area (Å²) in [5, 5.41) is 2.09. The molecule has 142 valence electrons. The number of hydrogen-bond acceptors (Lipinski definition) is 6. The van der Waals surface area contributed by atoms with E-state index in [-0.39, 0.29) is 26.8 Å². The standard InChI is InChI=1S/C13H14F3N4O4S2/c1-4-26(22,23)8-6-5-7-20(24-3)9(8)10(21)17-12-19(2)18-11(25-12)13(14,15)16/h5-7H,4H2,1-3H3/q+1/b17-12-. The Kier molecular flexibility index (Phi) is 5.51. The summed E-state index contributed by atoms with van der Waals surface area (Å²) in [5.41, 5.74) is -0.418. The van der Waals surface area contributed by atoms with E-state index in [1.807, 2.05) is 0 Å². The molecule has 2 rings (SSSR count). The second-order valence-corrected chi connectivity index (χ2v) is 8.06. The van der Waals surface area contributed by atoms with Crippen molar-refractivity contribution in [3.05, 3.63) is 33.8 Å². The van der Waals surface area contributed by atoms with Crippen molar-refractivity contribution < 1.29 is 36.0 Å². The Morgan fingerprint density at radius 1 is 1.46 bits per heavy atom. The van der Waals surface area contributed by atoms with E-state index < -0.39 is 32.6 Å². The zero-order valence-corrected chi connectivity index (χ0v) is 15.4. The first kappa shape index (κ1) is 20.0. The fraction of sp³-hybridized carbons (Fsp3) is 0.385. The van der Waals surface area contributed by atoms with Crippen molar-refractivity contribution in [3.8, 4) is 0 Å². The van der Waals surface area contributed by atoms with Gasteiger partial charge in [-0.2, -0.15) is 23.3 Å². The largest absolute Gasteiger partial charge is 0.445 e. The number of carbonyl (C=O) groups excluding carboxylic acids is 1. The Labute approximate surface area is 150 Å². The lowest BCUT2D eigenvalue weighted by Crippen LogP contribution is -2.47. The number of pyridine rings is 1. The lowest BCUT2D eigenvalue weighted by atomic mass is 10.3. The quantitative estimate of drug-likeness (QED) is 0.678. The number of aromatic nitrogens is 3. The minimum Gasteiger partial charge on any atom is -0.274 e. The highest BCUT2D eigenvalue weighted by Crippen LogP contribution is 2.28. The van der Waals surface area contributed by atoms with Gasteiger partial charge in [0, 0.05) is 17.8 Å². The molecule has 0 saturated heterocycles. The fourth-order valence-electron chi connectivity index (χ4n) is 1.93. The topological polar surface area (TPSA) is 94.5 Å². The molecule has 0 aliphatic carbocycles. The summed E-state index contributed by atoms with van der Waals surface area (Å²) in [4.78, 5) is 20.4. The van der Waals surface area contributed by atoms with Gasteiger partial charge in [-0.3, -0.25) is 9.63 Å². The molecule has 0 spiro atoms. The maximum Gasteiger partial charge on any atom is 0.445 e. The van der Waals surface area contributed by atoms with Crippen LogP contribution in [-0.2, 0) is 23.1 Å². The van der Waals surface area contributed by atoms with E-state index in [0.29, 0.717) is 0 Å². The summed E-state index contributed by atoms with van der Waals surface area (Å²) in [7, 11) is -1.41. The van der Waals surface area contributed by atoms with Gasteiger partial charge in [-0.15, -0.1) is 0 Å². The number of hydrogen-bond donors (Lipinski definition) is 0. The molecule has 0 atom stereocenters. The molecule has 0 aromatic carbocycles. The van der Waals surface area contributed by atoms with E-state index in [9.17, 15) is 26.4 Å². The molecule has 2 aromatic rings. The van der Waals surface area contributed by atoms with Crippen LogP contribution < -0.4 is 14.4 Å². The van der Waals surface area contributed by atoms with Crippen molar-refractivity contribution >= 4 is 27.1 Å². The molecule has 2 aromatic heterocycles. The zero-order valence-electron chi connectivity index (χ0n) is 13.8. The van der Waals surface area contributed by atoms with Crippen molar-refractivity contribution in [1.82, 2.24) is 9.78 Å². The number of nitrogens with zero attached hydrogens (tertiary/aromatic N) is 4. The number of amides is 1. The minimum absolute atomic E-state index is 0.162. The fourth-order valence-corrected chi connectivity index (χ4v) is 3.75. The number of sulfone groups is 1. The number of aryl methyl sites for hydroxylation is 1. The number of rotatable bonds is 4. The maximum atomic E-state index is 12.7. The molecule has 0 fully saturated rings. The Morgan fingerprint density at radius 2 is 2.12 bits per heavy atom. The molecule has 0 unspecified atom stereocenters. The molecule has 8 nitrogen and oxygen atoms in total. The van der Waals surface area contributed by atoms with Gasteiger partial charge in [0.15, 0.2) is 9.84 Å². The van der Waals surface area contributed by atoms with Crippen LogP contribution in [0.25, 0.3) is 0 Å². The molecule has 2 heterocycles. The molecule has 13 heteroatoms. The third-order valence-electron chi connectivity index (χ3n) is 3.18. The highest BCUT2D eigenvalue weighted by atomic mass is 32.2. The number of halogens is 3. The maximum absolute atomic E-state index is 12.7. The van der Waals surface area contributed by atoms with Gasteiger partial charge < -0.3 is 0 Å². The van der Waals surface area contributed by atoms with Crippen LogP contribution in [0.15, 0.2) is 28.2 Å². The smallest absolute Gasteiger partial charge is 0.274 e. The van der Waals surface area contributed by atoms with Gasteiger partial charge in [0.05, 0.1) is 5.75 Å². The summed E-state index contributed by atoms with van der Waals surface area (Å²) in [6, 6.07) is 2.56. The van der Waals surface area contributed by atoms with E-state index in [1.54, 1.807) is 0 Å². The molecular weight excluding hydrogens is 397 g/mol. The first-order valence-electron chi connectivity index (χ1n) is 7.03. The van der Waals surface area contributed by atoms with Crippen LogP contribution in [-0.4, -0.2) is 37.0 Å². The number of carbonyl (C=O) groups is 1. The second-order valence-electron chi connectivity index (χ2n) is 4.86. The molecular formula is C13H14F3N4O4S2+. The molecule has 0 aliphatic heterocycles. The van der Waals surface area contributed by atoms with Gasteiger partial charge in [-0.05, 0) is 6.07 Å². The lowest BCUT2D eigenvalue weighted by Gasteiger charge is -2.03. The average molecular weight is 411 g/mol. The third-order valence-corrected chi connectivity index (χ3v) is 5.99. The highest BCUT2D eigenvalue weighted by Gasteiger charge is 2.36. The van der Waals surface area contributed by atoms with Crippen molar-refractivity contribution in [1.29, 1.82) is 0 Å². The van der Waals surface area contributed by atoms with Gasteiger partial charge in [-0.1, -0.05) is 18.3 Å². The van der Waals surface area contributed by atoms with Crippen LogP contribution in [0.3, 0.4) is 0 Å². The van der Waals surface area contributed by atoms with E-state index in [4.69, 9.17) is 4.84 Å². The van der Waals surface area contributed by atoms with Crippen molar-refractivity contribution in [2.75, 3.05) is 12.9 Å². The number of alkyl halides is 3. The normalized spacial score (nSPS) is 13.1. The molecule has 0 radical (unpaired) electrons. The first-order valence-corrected chi connectivity index (χ1v) is 9.50. The monoisotopic (exact) mass is 411 g/mol.